The smallest absolute Gasteiger partial charge is 0.329 e. The topological polar surface area (TPSA) is 119 Å². The van der Waals surface area contributed by atoms with Gasteiger partial charge >= 0.3 is 5.97 Å². The summed E-state index contributed by atoms with van der Waals surface area (Å²) in [5, 5.41) is 10.2. The molecule has 0 radical (unpaired) electrons. The van der Waals surface area contributed by atoms with Gasteiger partial charge in [-0.15, -0.1) is 0 Å². The number of ether oxygens (including phenoxy) is 1. The van der Waals surface area contributed by atoms with Crippen molar-refractivity contribution in [1.29, 1.82) is 0 Å². The highest BCUT2D eigenvalue weighted by atomic mass is 16.5. The predicted molar refractivity (Wildman–Crippen MR) is 71.1 cm³/mol. The van der Waals surface area contributed by atoms with E-state index >= 15 is 0 Å². The molecule has 0 spiro atoms. The molecule has 0 aromatic rings. The molecular formula is C13H21N3O4. The minimum atomic E-state index is -1.50. The zero-order chi connectivity index (χ0) is 15.1. The van der Waals surface area contributed by atoms with E-state index in [1.165, 1.54) is 0 Å². The van der Waals surface area contributed by atoms with Crippen LogP contribution in [0.1, 0.15) is 13.3 Å². The van der Waals surface area contributed by atoms with Crippen molar-refractivity contribution >= 4 is 11.9 Å². The highest BCUT2D eigenvalue weighted by molar-refractivity contribution is 5.93. The van der Waals surface area contributed by atoms with E-state index < -0.39 is 29.4 Å². The van der Waals surface area contributed by atoms with Crippen molar-refractivity contribution in [1.82, 2.24) is 4.90 Å². The van der Waals surface area contributed by atoms with Gasteiger partial charge in [0.25, 0.3) is 0 Å². The SMILES string of the molecule is CCOC(=O)[C@@]1(N)[C@@H]2CN(C)C=C(C(N)=O)[C@@H]2C[C@@H]1O. The van der Waals surface area contributed by atoms with Gasteiger partial charge in [-0.1, -0.05) is 0 Å². The van der Waals surface area contributed by atoms with Crippen LogP contribution in [0, 0.1) is 11.8 Å². The Morgan fingerprint density at radius 2 is 2.25 bits per heavy atom. The van der Waals surface area contributed by atoms with Crippen molar-refractivity contribution in [3.05, 3.63) is 11.8 Å². The Bertz CT molecular complexity index is 465. The Morgan fingerprint density at radius 1 is 1.60 bits per heavy atom. The highest BCUT2D eigenvalue weighted by Crippen LogP contribution is 2.45. The van der Waals surface area contributed by atoms with Gasteiger partial charge < -0.3 is 26.2 Å². The summed E-state index contributed by atoms with van der Waals surface area (Å²) in [6, 6.07) is 0. The van der Waals surface area contributed by atoms with E-state index in [9.17, 15) is 14.7 Å². The second-order valence-corrected chi connectivity index (χ2v) is 5.51. The number of fused-ring (bicyclic) bond motifs is 1. The molecule has 0 aromatic carbocycles. The quantitative estimate of drug-likeness (QED) is 0.546. The summed E-state index contributed by atoms with van der Waals surface area (Å²) in [6.07, 6.45) is 0.848. The van der Waals surface area contributed by atoms with Gasteiger partial charge in [0.2, 0.25) is 5.91 Å². The summed E-state index contributed by atoms with van der Waals surface area (Å²) in [4.78, 5) is 25.5. The number of hydrogen-bond donors (Lipinski definition) is 3. The van der Waals surface area contributed by atoms with E-state index in [1.807, 2.05) is 0 Å². The Kier molecular flexibility index (Phi) is 3.75. The molecule has 2 aliphatic rings. The van der Waals surface area contributed by atoms with Crippen molar-refractivity contribution in [2.75, 3.05) is 20.2 Å². The van der Waals surface area contributed by atoms with Crippen molar-refractivity contribution in [3.8, 4) is 0 Å². The highest BCUT2D eigenvalue weighted by Gasteiger charge is 2.60. The number of carbonyl (C=O) groups is 2. The number of rotatable bonds is 3. The van der Waals surface area contributed by atoms with Crippen LogP contribution in [0.25, 0.3) is 0 Å². The maximum Gasteiger partial charge on any atom is 0.329 e. The van der Waals surface area contributed by atoms with Crippen molar-refractivity contribution < 1.29 is 19.4 Å². The Labute approximate surface area is 117 Å². The molecule has 2 rings (SSSR count). The molecule has 0 unspecified atom stereocenters. The van der Waals surface area contributed by atoms with Crippen LogP contribution in [0.4, 0.5) is 0 Å². The van der Waals surface area contributed by atoms with Crippen LogP contribution in [0.15, 0.2) is 11.8 Å². The van der Waals surface area contributed by atoms with E-state index in [4.69, 9.17) is 16.2 Å². The van der Waals surface area contributed by atoms with Gasteiger partial charge in [0.05, 0.1) is 12.7 Å². The normalized spacial score (nSPS) is 36.3. The second-order valence-electron chi connectivity index (χ2n) is 5.51. The first-order valence-electron chi connectivity index (χ1n) is 6.68. The number of aliphatic hydroxyl groups is 1. The minimum absolute atomic E-state index is 0.191. The third kappa shape index (κ3) is 2.06. The lowest BCUT2D eigenvalue weighted by Gasteiger charge is -2.38. The number of nitrogens with zero attached hydrogens (tertiary/aromatic N) is 1. The lowest BCUT2D eigenvalue weighted by Crippen LogP contribution is -2.62. The van der Waals surface area contributed by atoms with Gasteiger partial charge in [-0.2, -0.15) is 0 Å². The molecule has 7 heteroatoms. The van der Waals surface area contributed by atoms with E-state index in [0.717, 1.165) is 0 Å². The molecule has 1 aliphatic carbocycles. The molecule has 0 aromatic heterocycles. The van der Waals surface area contributed by atoms with E-state index in [2.05, 4.69) is 0 Å². The fourth-order valence-corrected chi connectivity index (χ4v) is 3.29. The Balaban J connectivity index is 2.38. The number of carbonyl (C=O) groups excluding carboxylic acids is 2. The zero-order valence-electron chi connectivity index (χ0n) is 11.7. The van der Waals surface area contributed by atoms with Gasteiger partial charge in [0.15, 0.2) is 0 Å². The van der Waals surface area contributed by atoms with Crippen LogP contribution < -0.4 is 11.5 Å². The molecule has 1 amide bonds. The summed E-state index contributed by atoms with van der Waals surface area (Å²) >= 11 is 0. The molecule has 4 atom stereocenters. The van der Waals surface area contributed by atoms with E-state index in [1.54, 1.807) is 25.1 Å². The molecular weight excluding hydrogens is 262 g/mol. The summed E-state index contributed by atoms with van der Waals surface area (Å²) < 4.78 is 5.00. The fourth-order valence-electron chi connectivity index (χ4n) is 3.29. The number of aliphatic hydroxyl groups excluding tert-OH is 1. The molecule has 1 saturated carbocycles. The lowest BCUT2D eigenvalue weighted by atomic mass is 9.78. The maximum absolute atomic E-state index is 12.2. The summed E-state index contributed by atoms with van der Waals surface area (Å²) in [7, 11) is 1.77. The lowest BCUT2D eigenvalue weighted by molar-refractivity contribution is -0.155. The van der Waals surface area contributed by atoms with Crippen molar-refractivity contribution in [2.24, 2.45) is 23.3 Å². The van der Waals surface area contributed by atoms with Gasteiger partial charge in [-0.25, -0.2) is 4.79 Å². The molecule has 5 N–H and O–H groups in total. The molecule has 112 valence electrons. The summed E-state index contributed by atoms with van der Waals surface area (Å²) in [5.41, 5.74) is 10.5. The van der Waals surface area contributed by atoms with Crippen LogP contribution in [-0.4, -0.2) is 53.7 Å². The van der Waals surface area contributed by atoms with Crippen LogP contribution in [0.3, 0.4) is 0 Å². The molecule has 20 heavy (non-hydrogen) atoms. The zero-order valence-corrected chi connectivity index (χ0v) is 11.7. The number of hydrogen-bond acceptors (Lipinski definition) is 6. The first-order valence-corrected chi connectivity index (χ1v) is 6.68. The first-order chi connectivity index (χ1) is 9.32. The number of esters is 1. The number of nitrogens with two attached hydrogens (primary N) is 2. The molecule has 7 nitrogen and oxygen atoms in total. The van der Waals surface area contributed by atoms with Crippen LogP contribution in [0.5, 0.6) is 0 Å². The largest absolute Gasteiger partial charge is 0.465 e. The monoisotopic (exact) mass is 283 g/mol. The Hall–Kier alpha value is -1.60. The van der Waals surface area contributed by atoms with Gasteiger partial charge in [0.1, 0.15) is 5.54 Å². The molecule has 1 heterocycles. The molecule has 0 saturated heterocycles. The minimum Gasteiger partial charge on any atom is -0.465 e. The third-order valence-electron chi connectivity index (χ3n) is 4.28. The van der Waals surface area contributed by atoms with Gasteiger partial charge in [0, 0.05) is 37.2 Å². The molecule has 1 aliphatic heterocycles. The molecule has 1 fully saturated rings. The van der Waals surface area contributed by atoms with Crippen LogP contribution in [0.2, 0.25) is 0 Å². The second kappa shape index (κ2) is 5.06. The van der Waals surface area contributed by atoms with Crippen LogP contribution >= 0.6 is 0 Å². The maximum atomic E-state index is 12.2. The average Bonchev–Trinajstić information content (AvgIpc) is 2.63. The first kappa shape index (κ1) is 14.8. The summed E-state index contributed by atoms with van der Waals surface area (Å²) in [5.74, 6) is -1.88. The van der Waals surface area contributed by atoms with Crippen molar-refractivity contribution in [3.63, 3.8) is 0 Å². The van der Waals surface area contributed by atoms with Gasteiger partial charge in [-0.3, -0.25) is 4.79 Å². The standard InChI is InChI=1S/C13H21N3O4/c1-3-20-12(19)13(15)9-6-16(2)5-8(11(14)18)7(9)4-10(13)17/h5,7,9-10,17H,3-4,6,15H2,1-2H3,(H2,14,18)/t7-,9+,10-,13+/m0/s1. The average molecular weight is 283 g/mol. The number of primary amides is 1. The van der Waals surface area contributed by atoms with E-state index in [0.29, 0.717) is 12.1 Å². The number of amides is 1. The molecule has 0 bridgehead atoms. The van der Waals surface area contributed by atoms with Crippen molar-refractivity contribution in [2.45, 2.75) is 25.0 Å². The fraction of sp³-hybridized carbons (Fsp3) is 0.692. The third-order valence-corrected chi connectivity index (χ3v) is 4.28. The predicted octanol–water partition coefficient (Wildman–Crippen LogP) is -1.44. The van der Waals surface area contributed by atoms with Crippen LogP contribution in [-0.2, 0) is 14.3 Å². The van der Waals surface area contributed by atoms with Gasteiger partial charge in [-0.05, 0) is 13.3 Å². The summed E-state index contributed by atoms with van der Waals surface area (Å²) in [6.45, 7) is 2.34. The van der Waals surface area contributed by atoms with E-state index in [-0.39, 0.29) is 18.9 Å². The Morgan fingerprint density at radius 3 is 2.80 bits per heavy atom.